The SMILES string of the molecule is CCOC(=O)C1=C(C)N=c2s/c(=C/c3cccc(OCc4ccc([N+](=O)[O-])cc4)c3)c(=O)n2[C@@H]1c1cc(OC)c(OCC)cc1Br. The number of nitrogens with zero attached hydrogens (tertiary/aromatic N) is 3. The van der Waals surface area contributed by atoms with Crippen molar-refractivity contribution in [3.05, 3.63) is 123 Å². The van der Waals surface area contributed by atoms with Crippen LogP contribution in [0.1, 0.15) is 43.5 Å². The molecule has 0 unspecified atom stereocenters. The van der Waals surface area contributed by atoms with Crippen molar-refractivity contribution in [1.82, 2.24) is 4.57 Å². The number of benzene rings is 3. The lowest BCUT2D eigenvalue weighted by Gasteiger charge is -2.26. The Bertz CT molecular complexity index is 2020. The van der Waals surface area contributed by atoms with Gasteiger partial charge in [-0.05, 0) is 79.9 Å². The highest BCUT2D eigenvalue weighted by Crippen LogP contribution is 2.41. The van der Waals surface area contributed by atoms with Gasteiger partial charge < -0.3 is 18.9 Å². The van der Waals surface area contributed by atoms with Gasteiger partial charge in [-0.1, -0.05) is 39.4 Å². The molecule has 1 aliphatic heterocycles. The van der Waals surface area contributed by atoms with Gasteiger partial charge in [0.15, 0.2) is 16.3 Å². The number of rotatable bonds is 11. The summed E-state index contributed by atoms with van der Waals surface area (Å²) in [4.78, 5) is 43.0. The maximum Gasteiger partial charge on any atom is 0.338 e. The van der Waals surface area contributed by atoms with E-state index >= 15 is 0 Å². The molecular weight excluding hydrogens is 678 g/mol. The molecule has 0 amide bonds. The number of allylic oxidation sites excluding steroid dienone is 1. The quantitative estimate of drug-likeness (QED) is 0.114. The Kier molecular flexibility index (Phi) is 10.0. The van der Waals surface area contributed by atoms with Crippen molar-refractivity contribution in [3.8, 4) is 17.2 Å². The Morgan fingerprint density at radius 2 is 1.85 bits per heavy atom. The van der Waals surface area contributed by atoms with E-state index in [2.05, 4.69) is 20.9 Å². The van der Waals surface area contributed by atoms with Gasteiger partial charge in [0.05, 0.1) is 47.1 Å². The Balaban J connectivity index is 1.55. The van der Waals surface area contributed by atoms with E-state index in [1.807, 2.05) is 19.1 Å². The smallest absolute Gasteiger partial charge is 0.338 e. The Labute approximate surface area is 276 Å². The van der Waals surface area contributed by atoms with Crippen LogP contribution in [-0.2, 0) is 16.1 Å². The fourth-order valence-electron chi connectivity index (χ4n) is 5.00. The summed E-state index contributed by atoms with van der Waals surface area (Å²) in [6, 6.07) is 16.0. The molecule has 238 valence electrons. The van der Waals surface area contributed by atoms with Crippen LogP contribution in [0, 0.1) is 10.1 Å². The maximum atomic E-state index is 14.1. The lowest BCUT2D eigenvalue weighted by Crippen LogP contribution is -2.40. The number of nitro benzene ring substituents is 1. The van der Waals surface area contributed by atoms with Crippen LogP contribution in [0.4, 0.5) is 5.69 Å². The summed E-state index contributed by atoms with van der Waals surface area (Å²) >= 11 is 4.84. The highest BCUT2D eigenvalue weighted by atomic mass is 79.9. The molecule has 13 heteroatoms. The van der Waals surface area contributed by atoms with E-state index in [4.69, 9.17) is 18.9 Å². The molecule has 0 bridgehead atoms. The minimum atomic E-state index is -0.854. The highest BCUT2D eigenvalue weighted by molar-refractivity contribution is 9.10. The molecule has 1 atom stereocenters. The third-order valence-electron chi connectivity index (χ3n) is 7.10. The second-order valence-corrected chi connectivity index (χ2v) is 11.9. The normalized spacial score (nSPS) is 14.4. The van der Waals surface area contributed by atoms with Gasteiger partial charge in [0.2, 0.25) is 0 Å². The topological polar surface area (TPSA) is 131 Å². The van der Waals surface area contributed by atoms with E-state index < -0.39 is 16.9 Å². The monoisotopic (exact) mass is 707 g/mol. The molecule has 0 spiro atoms. The molecule has 1 aromatic heterocycles. The molecule has 0 fully saturated rings. The highest BCUT2D eigenvalue weighted by Gasteiger charge is 2.35. The van der Waals surface area contributed by atoms with Gasteiger partial charge in [-0.3, -0.25) is 19.5 Å². The van der Waals surface area contributed by atoms with Gasteiger partial charge in [0.1, 0.15) is 12.4 Å². The fraction of sp³-hybridized carbons (Fsp3) is 0.242. The number of ether oxygens (including phenoxy) is 4. The van der Waals surface area contributed by atoms with Gasteiger partial charge in [-0.2, -0.15) is 0 Å². The van der Waals surface area contributed by atoms with Gasteiger partial charge >= 0.3 is 5.97 Å². The standard InChI is InChI=1S/C33H30BrN3O8S/c1-5-43-27-17-25(34)24(16-26(27)42-4)30-29(32(39)44-6-2)19(3)35-33-36(30)31(38)28(46-33)15-21-8-7-9-23(14-21)45-18-20-10-12-22(13-11-20)37(40)41/h7-17,30H,5-6,18H2,1-4H3/b28-15+/t30-/m1/s1. The number of esters is 1. The van der Waals surface area contributed by atoms with Crippen molar-refractivity contribution in [1.29, 1.82) is 0 Å². The zero-order valence-electron chi connectivity index (χ0n) is 25.4. The molecule has 4 aromatic rings. The average molecular weight is 709 g/mol. The number of halogens is 1. The van der Waals surface area contributed by atoms with Gasteiger partial charge in [-0.25, -0.2) is 9.79 Å². The average Bonchev–Trinajstić information content (AvgIpc) is 3.34. The first-order valence-electron chi connectivity index (χ1n) is 14.3. The van der Waals surface area contributed by atoms with E-state index in [9.17, 15) is 19.7 Å². The summed E-state index contributed by atoms with van der Waals surface area (Å²) in [5.41, 5.74) is 2.45. The number of nitro groups is 1. The largest absolute Gasteiger partial charge is 0.493 e. The Hall–Kier alpha value is -4.75. The fourth-order valence-corrected chi connectivity index (χ4v) is 6.59. The van der Waals surface area contributed by atoms with Crippen LogP contribution in [-0.4, -0.2) is 35.8 Å². The van der Waals surface area contributed by atoms with E-state index in [0.717, 1.165) is 5.56 Å². The number of fused-ring (bicyclic) bond motifs is 1. The second kappa shape index (κ2) is 14.1. The van der Waals surface area contributed by atoms with Crippen molar-refractivity contribution in [3.63, 3.8) is 0 Å². The van der Waals surface area contributed by atoms with Crippen LogP contribution < -0.4 is 29.1 Å². The van der Waals surface area contributed by atoms with Crippen molar-refractivity contribution in [2.24, 2.45) is 4.99 Å². The molecule has 46 heavy (non-hydrogen) atoms. The predicted octanol–water partition coefficient (Wildman–Crippen LogP) is 5.46. The molecule has 0 aliphatic carbocycles. The second-order valence-electron chi connectivity index (χ2n) is 10.0. The van der Waals surface area contributed by atoms with Crippen LogP contribution in [0.15, 0.2) is 86.2 Å². The van der Waals surface area contributed by atoms with Gasteiger partial charge in [-0.15, -0.1) is 0 Å². The molecule has 11 nitrogen and oxygen atoms in total. The third kappa shape index (κ3) is 6.75. The zero-order valence-corrected chi connectivity index (χ0v) is 27.8. The van der Waals surface area contributed by atoms with Crippen LogP contribution in [0.3, 0.4) is 0 Å². The number of carbonyl (C=O) groups is 1. The van der Waals surface area contributed by atoms with E-state index in [1.165, 1.54) is 35.1 Å². The van der Waals surface area contributed by atoms with Crippen molar-refractivity contribution in [2.45, 2.75) is 33.4 Å². The third-order valence-corrected chi connectivity index (χ3v) is 8.77. The number of carbonyl (C=O) groups excluding carboxylic acids is 1. The van der Waals surface area contributed by atoms with Crippen molar-refractivity contribution in [2.75, 3.05) is 20.3 Å². The van der Waals surface area contributed by atoms with Crippen LogP contribution in [0.2, 0.25) is 0 Å². The lowest BCUT2D eigenvalue weighted by atomic mass is 9.95. The number of methoxy groups -OCH3 is 1. The molecule has 0 saturated carbocycles. The van der Waals surface area contributed by atoms with Crippen LogP contribution >= 0.6 is 27.3 Å². The molecule has 0 radical (unpaired) electrons. The first-order chi connectivity index (χ1) is 22.1. The van der Waals surface area contributed by atoms with Gasteiger partial charge in [0.25, 0.3) is 11.2 Å². The number of hydrogen-bond acceptors (Lipinski definition) is 10. The molecule has 5 rings (SSSR count). The van der Waals surface area contributed by atoms with E-state index in [-0.39, 0.29) is 30.0 Å². The number of thiazole rings is 1. The summed E-state index contributed by atoms with van der Waals surface area (Å²) in [6.45, 7) is 6.10. The molecular formula is C33H30BrN3O8S. The minimum Gasteiger partial charge on any atom is -0.493 e. The first kappa shape index (κ1) is 32.6. The minimum absolute atomic E-state index is 0.00745. The molecule has 1 aliphatic rings. The van der Waals surface area contributed by atoms with Crippen LogP contribution in [0.5, 0.6) is 17.2 Å². The Morgan fingerprint density at radius 3 is 2.52 bits per heavy atom. The summed E-state index contributed by atoms with van der Waals surface area (Å²) in [7, 11) is 1.53. The predicted molar refractivity (Wildman–Crippen MR) is 176 cm³/mol. The molecule has 2 heterocycles. The van der Waals surface area contributed by atoms with Crippen molar-refractivity contribution >= 4 is 45.0 Å². The first-order valence-corrected chi connectivity index (χ1v) is 15.9. The molecule has 0 saturated heterocycles. The summed E-state index contributed by atoms with van der Waals surface area (Å²) in [6.07, 6.45) is 1.75. The van der Waals surface area contributed by atoms with Gasteiger partial charge in [0, 0.05) is 16.6 Å². The summed E-state index contributed by atoms with van der Waals surface area (Å²) in [5.74, 6) is 0.956. The Morgan fingerprint density at radius 1 is 1.09 bits per heavy atom. The molecule has 0 N–H and O–H groups in total. The van der Waals surface area contributed by atoms with E-state index in [1.54, 1.807) is 56.3 Å². The summed E-state index contributed by atoms with van der Waals surface area (Å²) < 4.78 is 25.2. The van der Waals surface area contributed by atoms with Crippen molar-refractivity contribution < 1.29 is 28.7 Å². The lowest BCUT2D eigenvalue weighted by molar-refractivity contribution is -0.384. The zero-order chi connectivity index (χ0) is 33.0. The maximum absolute atomic E-state index is 14.1. The van der Waals surface area contributed by atoms with Crippen LogP contribution in [0.25, 0.3) is 6.08 Å². The molecule has 3 aromatic carbocycles. The number of hydrogen-bond donors (Lipinski definition) is 0. The van der Waals surface area contributed by atoms with E-state index in [0.29, 0.717) is 54.5 Å². The number of aromatic nitrogens is 1. The summed E-state index contributed by atoms with van der Waals surface area (Å²) in [5, 5.41) is 10.9. The number of non-ortho nitro benzene ring substituents is 1.